The van der Waals surface area contributed by atoms with E-state index in [4.69, 9.17) is 21.4 Å². The van der Waals surface area contributed by atoms with Gasteiger partial charge < -0.3 is 9.15 Å². The van der Waals surface area contributed by atoms with Gasteiger partial charge in [-0.05, 0) is 67.7 Å². The molecule has 7 nitrogen and oxygen atoms in total. The molecule has 0 aliphatic carbocycles. The molecule has 0 radical (unpaired) electrons. The first-order chi connectivity index (χ1) is 12.3. The number of hydrogen-bond acceptors (Lipinski definition) is 6. The summed E-state index contributed by atoms with van der Waals surface area (Å²) in [6, 6.07) is 11.3. The van der Waals surface area contributed by atoms with Gasteiger partial charge in [0.05, 0.1) is 12.9 Å². The van der Waals surface area contributed by atoms with Gasteiger partial charge in [0.1, 0.15) is 11.5 Å². The SMILES string of the molecule is CCOc1ccc(-c2n[nH]c(=S)n2N/N=C/C=C/c2ccco2)cc1. The molecule has 8 heteroatoms. The summed E-state index contributed by atoms with van der Waals surface area (Å²) in [5.74, 6) is 2.18. The summed E-state index contributed by atoms with van der Waals surface area (Å²) >= 11 is 5.23. The predicted molar refractivity (Wildman–Crippen MR) is 99.6 cm³/mol. The van der Waals surface area contributed by atoms with Crippen LogP contribution in [0.2, 0.25) is 0 Å². The minimum atomic E-state index is 0.413. The van der Waals surface area contributed by atoms with Crippen LogP contribution in [0.3, 0.4) is 0 Å². The second-order valence-corrected chi connectivity index (χ2v) is 5.28. The first kappa shape index (κ1) is 16.7. The maximum absolute atomic E-state index is 5.44. The molecular weight excluding hydrogens is 338 g/mol. The van der Waals surface area contributed by atoms with Crippen LogP contribution in [0.4, 0.5) is 0 Å². The molecule has 2 heterocycles. The van der Waals surface area contributed by atoms with E-state index in [0.29, 0.717) is 17.2 Å². The third-order valence-corrected chi connectivity index (χ3v) is 3.49. The van der Waals surface area contributed by atoms with Crippen LogP contribution in [0, 0.1) is 4.77 Å². The van der Waals surface area contributed by atoms with Gasteiger partial charge in [-0.2, -0.15) is 14.9 Å². The second-order valence-electron chi connectivity index (χ2n) is 4.90. The monoisotopic (exact) mass is 355 g/mol. The van der Waals surface area contributed by atoms with E-state index in [-0.39, 0.29) is 0 Å². The smallest absolute Gasteiger partial charge is 0.216 e. The molecule has 0 amide bonds. The maximum Gasteiger partial charge on any atom is 0.216 e. The lowest BCUT2D eigenvalue weighted by Crippen LogP contribution is -2.10. The van der Waals surface area contributed by atoms with Crippen molar-refractivity contribution in [1.82, 2.24) is 14.9 Å². The third-order valence-electron chi connectivity index (χ3n) is 3.22. The first-order valence-corrected chi connectivity index (χ1v) is 8.08. The molecule has 0 fully saturated rings. The Morgan fingerprint density at radius 1 is 1.36 bits per heavy atom. The highest BCUT2D eigenvalue weighted by atomic mass is 32.1. The van der Waals surface area contributed by atoms with E-state index in [2.05, 4.69) is 20.8 Å². The van der Waals surface area contributed by atoms with Gasteiger partial charge in [-0.15, -0.1) is 0 Å². The number of ether oxygens (including phenoxy) is 1. The molecule has 128 valence electrons. The Balaban J connectivity index is 1.72. The number of aromatic nitrogens is 3. The largest absolute Gasteiger partial charge is 0.494 e. The molecule has 0 spiro atoms. The van der Waals surface area contributed by atoms with Crippen molar-refractivity contribution < 1.29 is 9.15 Å². The van der Waals surface area contributed by atoms with Crippen LogP contribution in [0.1, 0.15) is 12.7 Å². The molecule has 2 aromatic heterocycles. The summed E-state index contributed by atoms with van der Waals surface area (Å²) in [7, 11) is 0. The average Bonchev–Trinajstić information content (AvgIpc) is 3.26. The van der Waals surface area contributed by atoms with Crippen molar-refractivity contribution in [3.05, 3.63) is 59.3 Å². The van der Waals surface area contributed by atoms with E-state index in [9.17, 15) is 0 Å². The standard InChI is InChI=1S/C17H17N5O2S/c1-2-23-15-9-7-13(8-10-15)16-19-20-17(25)22(16)21-18-11-3-5-14-6-4-12-24-14/h3-12,21H,2H2,1H3,(H,20,25)/b5-3+,18-11+. The zero-order valence-electron chi connectivity index (χ0n) is 13.5. The first-order valence-electron chi connectivity index (χ1n) is 7.68. The number of nitrogens with one attached hydrogen (secondary N) is 2. The van der Waals surface area contributed by atoms with Crippen LogP contribution >= 0.6 is 12.2 Å². The van der Waals surface area contributed by atoms with Crippen molar-refractivity contribution in [3.8, 4) is 17.1 Å². The predicted octanol–water partition coefficient (Wildman–Crippen LogP) is 3.84. The summed E-state index contributed by atoms with van der Waals surface area (Å²) in [6.07, 6.45) is 6.77. The van der Waals surface area contributed by atoms with Gasteiger partial charge in [0.15, 0.2) is 5.82 Å². The second kappa shape index (κ2) is 8.11. The van der Waals surface area contributed by atoms with E-state index in [1.807, 2.05) is 43.3 Å². The molecule has 0 saturated heterocycles. The molecule has 2 N–H and O–H groups in total. The summed E-state index contributed by atoms with van der Waals surface area (Å²) in [5, 5.41) is 11.1. The summed E-state index contributed by atoms with van der Waals surface area (Å²) in [6.45, 7) is 2.57. The van der Waals surface area contributed by atoms with Crippen molar-refractivity contribution in [2.45, 2.75) is 6.92 Å². The van der Waals surface area contributed by atoms with Crippen LogP contribution in [0.15, 0.2) is 58.3 Å². The zero-order valence-corrected chi connectivity index (χ0v) is 14.4. The Hall–Kier alpha value is -3.13. The lowest BCUT2D eigenvalue weighted by atomic mass is 10.2. The number of H-pyrrole nitrogens is 1. The van der Waals surface area contributed by atoms with Crippen molar-refractivity contribution in [2.75, 3.05) is 12.1 Å². The number of benzene rings is 1. The fraction of sp³-hybridized carbons (Fsp3) is 0.118. The maximum atomic E-state index is 5.44. The molecule has 0 unspecified atom stereocenters. The van der Waals surface area contributed by atoms with Gasteiger partial charge in [0.2, 0.25) is 4.77 Å². The van der Waals surface area contributed by atoms with Crippen LogP contribution in [0.5, 0.6) is 5.75 Å². The molecule has 0 aliphatic rings. The van der Waals surface area contributed by atoms with Crippen LogP contribution in [-0.4, -0.2) is 27.7 Å². The highest BCUT2D eigenvalue weighted by Crippen LogP contribution is 2.20. The van der Waals surface area contributed by atoms with E-state index in [1.54, 1.807) is 29.3 Å². The van der Waals surface area contributed by atoms with Crippen LogP contribution in [0.25, 0.3) is 17.5 Å². The van der Waals surface area contributed by atoms with Gasteiger partial charge in [0, 0.05) is 11.8 Å². The molecule has 0 aliphatic heterocycles. The average molecular weight is 355 g/mol. The Morgan fingerprint density at radius 2 is 2.20 bits per heavy atom. The van der Waals surface area contributed by atoms with Gasteiger partial charge in [-0.25, -0.2) is 10.6 Å². The minimum absolute atomic E-state index is 0.413. The van der Waals surface area contributed by atoms with Crippen molar-refractivity contribution in [2.24, 2.45) is 5.10 Å². The molecule has 3 aromatic rings. The number of nitrogens with zero attached hydrogens (tertiary/aromatic N) is 3. The molecule has 1 aromatic carbocycles. The Morgan fingerprint density at radius 3 is 2.92 bits per heavy atom. The zero-order chi connectivity index (χ0) is 17.5. The van der Waals surface area contributed by atoms with Gasteiger partial charge in [-0.1, -0.05) is 0 Å². The van der Waals surface area contributed by atoms with Gasteiger partial charge >= 0.3 is 0 Å². The number of furan rings is 1. The number of hydrogen-bond donors (Lipinski definition) is 2. The lowest BCUT2D eigenvalue weighted by molar-refractivity contribution is 0.340. The third kappa shape index (κ3) is 4.24. The van der Waals surface area contributed by atoms with E-state index in [0.717, 1.165) is 17.1 Å². The number of allylic oxidation sites excluding steroid dienone is 1. The molecule has 3 rings (SSSR count). The van der Waals surface area contributed by atoms with Crippen molar-refractivity contribution in [3.63, 3.8) is 0 Å². The Labute approximate surface area is 149 Å². The lowest BCUT2D eigenvalue weighted by Gasteiger charge is -2.06. The number of rotatable bonds is 7. The highest BCUT2D eigenvalue weighted by Gasteiger charge is 2.08. The van der Waals surface area contributed by atoms with Crippen LogP contribution < -0.4 is 10.3 Å². The molecule has 0 bridgehead atoms. The quantitative estimate of drug-likeness (QED) is 0.382. The fourth-order valence-corrected chi connectivity index (χ4v) is 2.28. The van der Waals surface area contributed by atoms with E-state index < -0.39 is 0 Å². The van der Waals surface area contributed by atoms with Crippen LogP contribution in [-0.2, 0) is 0 Å². The van der Waals surface area contributed by atoms with E-state index in [1.165, 1.54) is 0 Å². The number of hydrazone groups is 1. The molecule has 0 saturated carbocycles. The van der Waals surface area contributed by atoms with Crippen molar-refractivity contribution >= 4 is 24.5 Å². The number of aromatic amines is 1. The highest BCUT2D eigenvalue weighted by molar-refractivity contribution is 7.71. The van der Waals surface area contributed by atoms with Crippen molar-refractivity contribution in [1.29, 1.82) is 0 Å². The summed E-state index contributed by atoms with van der Waals surface area (Å²) in [4.78, 5) is 0. The summed E-state index contributed by atoms with van der Waals surface area (Å²) in [5.41, 5.74) is 3.73. The molecule has 25 heavy (non-hydrogen) atoms. The molecular formula is C17H17N5O2S. The topological polar surface area (TPSA) is 80.4 Å². The van der Waals surface area contributed by atoms with Gasteiger partial charge in [0.25, 0.3) is 0 Å². The Bertz CT molecular complexity index is 907. The van der Waals surface area contributed by atoms with Gasteiger partial charge in [-0.3, -0.25) is 0 Å². The summed E-state index contributed by atoms with van der Waals surface area (Å²) < 4.78 is 12.6. The van der Waals surface area contributed by atoms with E-state index >= 15 is 0 Å². The Kier molecular flexibility index (Phi) is 5.43. The minimum Gasteiger partial charge on any atom is -0.494 e. The fourth-order valence-electron chi connectivity index (χ4n) is 2.11. The molecule has 0 atom stereocenters. The normalized spacial score (nSPS) is 11.4.